The molecule has 0 aromatic heterocycles. The molecule has 0 heterocycles. The third-order valence-corrected chi connectivity index (χ3v) is 4.05. The van der Waals surface area contributed by atoms with Gasteiger partial charge in [0.25, 0.3) is 5.91 Å². The van der Waals surface area contributed by atoms with Gasteiger partial charge in [-0.2, -0.15) is 0 Å². The Hall–Kier alpha value is -2.83. The normalized spacial score (nSPS) is 10.6. The van der Waals surface area contributed by atoms with Crippen LogP contribution in [0.1, 0.15) is 34.8 Å². The predicted octanol–water partition coefficient (Wildman–Crippen LogP) is 4.21. The molecule has 2 rings (SSSR count). The second-order valence-electron chi connectivity index (χ2n) is 6.32. The summed E-state index contributed by atoms with van der Waals surface area (Å²) in [6.45, 7) is 5.50. The zero-order valence-corrected chi connectivity index (χ0v) is 15.4. The fraction of sp³-hybridized carbons (Fsp3) is 0.300. The summed E-state index contributed by atoms with van der Waals surface area (Å²) in [5.74, 6) is -5.51. The van der Waals surface area contributed by atoms with Crippen molar-refractivity contribution in [1.82, 2.24) is 4.90 Å². The van der Waals surface area contributed by atoms with E-state index in [1.54, 1.807) is 13.0 Å². The Labute approximate surface area is 156 Å². The standard InChI is InChI=1S/C20H21F3N2O2/c1-4-9-25(20(27)14-10-12(2)5-6-13(14)3)11-17(26)24-16-8-7-15(21)18(22)19(16)23/h5-8,10H,4,9,11H2,1-3H3,(H,24,26). The molecular weight excluding hydrogens is 357 g/mol. The molecule has 1 N–H and O–H groups in total. The highest BCUT2D eigenvalue weighted by atomic mass is 19.2. The third kappa shape index (κ3) is 4.87. The van der Waals surface area contributed by atoms with E-state index in [1.807, 2.05) is 26.0 Å². The molecule has 4 nitrogen and oxygen atoms in total. The van der Waals surface area contributed by atoms with Crippen molar-refractivity contribution < 1.29 is 22.8 Å². The summed E-state index contributed by atoms with van der Waals surface area (Å²) >= 11 is 0. The van der Waals surface area contributed by atoms with E-state index in [4.69, 9.17) is 0 Å². The van der Waals surface area contributed by atoms with Gasteiger partial charge in [-0.1, -0.05) is 24.6 Å². The fourth-order valence-electron chi connectivity index (χ4n) is 2.64. The summed E-state index contributed by atoms with van der Waals surface area (Å²) in [6, 6.07) is 7.10. The predicted molar refractivity (Wildman–Crippen MR) is 97.1 cm³/mol. The maximum absolute atomic E-state index is 13.7. The van der Waals surface area contributed by atoms with Gasteiger partial charge < -0.3 is 10.2 Å². The van der Waals surface area contributed by atoms with Crippen molar-refractivity contribution in [3.05, 3.63) is 64.5 Å². The van der Waals surface area contributed by atoms with Crippen molar-refractivity contribution in [1.29, 1.82) is 0 Å². The second-order valence-corrected chi connectivity index (χ2v) is 6.32. The minimum Gasteiger partial charge on any atom is -0.329 e. The Morgan fingerprint density at radius 1 is 1.04 bits per heavy atom. The number of benzene rings is 2. The summed E-state index contributed by atoms with van der Waals surface area (Å²) in [7, 11) is 0. The van der Waals surface area contributed by atoms with E-state index in [1.165, 1.54) is 4.90 Å². The van der Waals surface area contributed by atoms with Crippen LogP contribution in [-0.2, 0) is 4.79 Å². The molecule has 2 amide bonds. The highest BCUT2D eigenvalue weighted by Crippen LogP contribution is 2.20. The van der Waals surface area contributed by atoms with E-state index < -0.39 is 29.0 Å². The quantitative estimate of drug-likeness (QED) is 0.766. The van der Waals surface area contributed by atoms with Crippen LogP contribution in [0.4, 0.5) is 18.9 Å². The number of rotatable bonds is 6. The van der Waals surface area contributed by atoms with Crippen LogP contribution in [0, 0.1) is 31.3 Å². The van der Waals surface area contributed by atoms with Gasteiger partial charge in [0.2, 0.25) is 5.91 Å². The van der Waals surface area contributed by atoms with Gasteiger partial charge in [0.15, 0.2) is 17.5 Å². The number of aryl methyl sites for hydroxylation is 2. The first-order chi connectivity index (χ1) is 12.7. The topological polar surface area (TPSA) is 49.4 Å². The van der Waals surface area contributed by atoms with Crippen LogP contribution in [0.15, 0.2) is 30.3 Å². The number of carbonyl (C=O) groups is 2. The lowest BCUT2D eigenvalue weighted by Gasteiger charge is -2.23. The van der Waals surface area contributed by atoms with Crippen molar-refractivity contribution in [3.63, 3.8) is 0 Å². The molecule has 0 aliphatic carbocycles. The second kappa shape index (κ2) is 8.70. The molecule has 0 unspecified atom stereocenters. The van der Waals surface area contributed by atoms with Gasteiger partial charge in [0, 0.05) is 12.1 Å². The smallest absolute Gasteiger partial charge is 0.254 e. The van der Waals surface area contributed by atoms with Crippen LogP contribution in [-0.4, -0.2) is 29.8 Å². The number of nitrogens with zero attached hydrogens (tertiary/aromatic N) is 1. The van der Waals surface area contributed by atoms with Crippen molar-refractivity contribution >= 4 is 17.5 Å². The number of halogens is 3. The van der Waals surface area contributed by atoms with Crippen LogP contribution >= 0.6 is 0 Å². The fourth-order valence-corrected chi connectivity index (χ4v) is 2.64. The Bertz CT molecular complexity index is 869. The number of hydrogen-bond acceptors (Lipinski definition) is 2. The number of amides is 2. The van der Waals surface area contributed by atoms with Crippen LogP contribution in [0.5, 0.6) is 0 Å². The molecule has 0 radical (unpaired) electrons. The van der Waals surface area contributed by atoms with Gasteiger partial charge in [-0.05, 0) is 44.0 Å². The minimum atomic E-state index is -1.66. The van der Waals surface area contributed by atoms with E-state index in [-0.39, 0.29) is 12.5 Å². The largest absolute Gasteiger partial charge is 0.329 e. The van der Waals surface area contributed by atoms with Gasteiger partial charge in [-0.25, -0.2) is 13.2 Å². The zero-order valence-electron chi connectivity index (χ0n) is 15.4. The molecule has 2 aromatic rings. The first kappa shape index (κ1) is 20.5. The van der Waals surface area contributed by atoms with Crippen molar-refractivity contribution in [2.45, 2.75) is 27.2 Å². The molecule has 0 atom stereocenters. The molecule has 7 heteroatoms. The lowest BCUT2D eigenvalue weighted by atomic mass is 10.0. The lowest BCUT2D eigenvalue weighted by Crippen LogP contribution is -2.39. The maximum Gasteiger partial charge on any atom is 0.254 e. The molecule has 0 saturated carbocycles. The first-order valence-corrected chi connectivity index (χ1v) is 8.54. The Kier molecular flexibility index (Phi) is 6.60. The van der Waals surface area contributed by atoms with Crippen LogP contribution < -0.4 is 5.32 Å². The Morgan fingerprint density at radius 2 is 1.74 bits per heavy atom. The summed E-state index contributed by atoms with van der Waals surface area (Å²) in [6.07, 6.45) is 0.615. The van der Waals surface area contributed by atoms with E-state index in [0.717, 1.165) is 23.3 Å². The van der Waals surface area contributed by atoms with E-state index >= 15 is 0 Å². The van der Waals surface area contributed by atoms with E-state index in [0.29, 0.717) is 18.5 Å². The molecule has 0 saturated heterocycles. The molecule has 0 fully saturated rings. The van der Waals surface area contributed by atoms with Crippen molar-refractivity contribution in [2.75, 3.05) is 18.4 Å². The zero-order chi connectivity index (χ0) is 20.1. The van der Waals surface area contributed by atoms with Crippen molar-refractivity contribution in [2.24, 2.45) is 0 Å². The van der Waals surface area contributed by atoms with Crippen LogP contribution in [0.2, 0.25) is 0 Å². The molecule has 0 spiro atoms. The van der Waals surface area contributed by atoms with Gasteiger partial charge in [0.1, 0.15) is 6.54 Å². The van der Waals surface area contributed by atoms with Gasteiger partial charge in [0.05, 0.1) is 5.69 Å². The molecule has 144 valence electrons. The summed E-state index contributed by atoms with van der Waals surface area (Å²) in [5, 5.41) is 2.18. The van der Waals surface area contributed by atoms with Gasteiger partial charge >= 0.3 is 0 Å². The number of nitrogens with one attached hydrogen (secondary N) is 1. The minimum absolute atomic E-state index is 0.319. The van der Waals surface area contributed by atoms with Crippen molar-refractivity contribution in [3.8, 4) is 0 Å². The van der Waals surface area contributed by atoms with Crippen LogP contribution in [0.3, 0.4) is 0 Å². The SMILES string of the molecule is CCCN(CC(=O)Nc1ccc(F)c(F)c1F)C(=O)c1cc(C)ccc1C. The number of carbonyl (C=O) groups excluding carboxylic acids is 2. The highest BCUT2D eigenvalue weighted by Gasteiger charge is 2.21. The summed E-state index contributed by atoms with van der Waals surface area (Å²) in [5.41, 5.74) is 1.69. The van der Waals surface area contributed by atoms with Gasteiger partial charge in [-0.3, -0.25) is 9.59 Å². The monoisotopic (exact) mass is 378 g/mol. The molecule has 0 bridgehead atoms. The molecule has 0 aliphatic rings. The maximum atomic E-state index is 13.7. The lowest BCUT2D eigenvalue weighted by molar-refractivity contribution is -0.116. The third-order valence-electron chi connectivity index (χ3n) is 4.05. The molecular formula is C20H21F3N2O2. The Morgan fingerprint density at radius 3 is 2.41 bits per heavy atom. The average Bonchev–Trinajstić information content (AvgIpc) is 2.63. The van der Waals surface area contributed by atoms with E-state index in [9.17, 15) is 22.8 Å². The average molecular weight is 378 g/mol. The first-order valence-electron chi connectivity index (χ1n) is 8.54. The molecule has 0 aliphatic heterocycles. The van der Waals surface area contributed by atoms with E-state index in [2.05, 4.69) is 5.32 Å². The summed E-state index contributed by atoms with van der Waals surface area (Å²) < 4.78 is 40.0. The molecule has 27 heavy (non-hydrogen) atoms. The highest BCUT2D eigenvalue weighted by molar-refractivity contribution is 6.00. The van der Waals surface area contributed by atoms with Crippen LogP contribution in [0.25, 0.3) is 0 Å². The number of anilines is 1. The summed E-state index contributed by atoms with van der Waals surface area (Å²) in [4.78, 5) is 26.4. The Balaban J connectivity index is 2.18. The van der Waals surface area contributed by atoms with Gasteiger partial charge in [-0.15, -0.1) is 0 Å². The number of hydrogen-bond donors (Lipinski definition) is 1. The molecule has 2 aromatic carbocycles.